The van der Waals surface area contributed by atoms with Crippen LogP contribution in [0.25, 0.3) is 10.9 Å². The third-order valence-corrected chi connectivity index (χ3v) is 3.80. The highest BCUT2D eigenvalue weighted by molar-refractivity contribution is 5.84. The Hall–Kier alpha value is -2.42. The maximum atomic E-state index is 5.41. The van der Waals surface area contributed by atoms with Crippen LogP contribution >= 0.6 is 0 Å². The van der Waals surface area contributed by atoms with Gasteiger partial charge in [0.25, 0.3) is 0 Å². The number of fused-ring (bicyclic) bond motifs is 1. The van der Waals surface area contributed by atoms with Crippen LogP contribution in [0.2, 0.25) is 0 Å². The van der Waals surface area contributed by atoms with Crippen molar-refractivity contribution in [1.29, 1.82) is 0 Å². The molecule has 0 saturated heterocycles. The summed E-state index contributed by atoms with van der Waals surface area (Å²) < 4.78 is 1.83. The third-order valence-electron chi connectivity index (χ3n) is 3.80. The van der Waals surface area contributed by atoms with Gasteiger partial charge >= 0.3 is 0 Å². The van der Waals surface area contributed by atoms with Crippen molar-refractivity contribution >= 4 is 16.6 Å². The smallest absolute Gasteiger partial charge is 0.104 e. The van der Waals surface area contributed by atoms with Crippen molar-refractivity contribution < 1.29 is 4.84 Å². The van der Waals surface area contributed by atoms with E-state index >= 15 is 0 Å². The summed E-state index contributed by atoms with van der Waals surface area (Å²) in [7, 11) is 5.81. The molecule has 108 valence electrons. The first kappa shape index (κ1) is 13.6. The molecule has 0 amide bonds. The average molecular weight is 280 g/mol. The summed E-state index contributed by atoms with van der Waals surface area (Å²) in [5.41, 5.74) is 4.92. The Kier molecular flexibility index (Phi) is 3.57. The summed E-state index contributed by atoms with van der Waals surface area (Å²) in [6, 6.07) is 17.0. The lowest BCUT2D eigenvalue weighted by Crippen LogP contribution is -2.08. The molecule has 2 aromatic carbocycles. The Morgan fingerprint density at radius 3 is 2.38 bits per heavy atom. The summed E-state index contributed by atoms with van der Waals surface area (Å²) in [5.74, 6) is 0. The number of nitrogens with zero attached hydrogens (tertiary/aromatic N) is 2. The lowest BCUT2D eigenvalue weighted by atomic mass is 10.0. The quantitative estimate of drug-likeness (QED) is 0.729. The molecule has 3 nitrogen and oxygen atoms in total. The summed E-state index contributed by atoms with van der Waals surface area (Å²) in [6.07, 6.45) is 2.98. The second-order valence-corrected chi connectivity index (χ2v) is 5.42. The van der Waals surface area contributed by atoms with Crippen molar-refractivity contribution in [3.63, 3.8) is 0 Å². The molecule has 0 N–H and O–H groups in total. The van der Waals surface area contributed by atoms with Gasteiger partial charge in [0.1, 0.15) is 7.11 Å². The van der Waals surface area contributed by atoms with Crippen LogP contribution in [-0.2, 0) is 6.42 Å². The van der Waals surface area contributed by atoms with Gasteiger partial charge in [-0.15, -0.1) is 0 Å². The number of benzene rings is 2. The van der Waals surface area contributed by atoms with E-state index in [9.17, 15) is 0 Å². The van der Waals surface area contributed by atoms with Gasteiger partial charge < -0.3 is 9.74 Å². The molecule has 0 radical (unpaired) electrons. The Morgan fingerprint density at radius 2 is 1.71 bits per heavy atom. The predicted molar refractivity (Wildman–Crippen MR) is 88.0 cm³/mol. The molecule has 3 rings (SSSR count). The Labute approximate surface area is 125 Å². The van der Waals surface area contributed by atoms with Crippen molar-refractivity contribution in [2.24, 2.45) is 0 Å². The van der Waals surface area contributed by atoms with E-state index in [1.807, 2.05) is 10.8 Å². The zero-order valence-electron chi connectivity index (χ0n) is 12.7. The molecule has 21 heavy (non-hydrogen) atoms. The highest BCUT2D eigenvalue weighted by Gasteiger charge is 2.09. The minimum absolute atomic E-state index is 0.907. The van der Waals surface area contributed by atoms with Gasteiger partial charge in [0, 0.05) is 31.4 Å². The van der Waals surface area contributed by atoms with Gasteiger partial charge in [-0.3, -0.25) is 0 Å². The first-order valence-corrected chi connectivity index (χ1v) is 7.09. The number of para-hydroxylation sites is 1. The topological polar surface area (TPSA) is 17.4 Å². The highest BCUT2D eigenvalue weighted by atomic mass is 16.6. The monoisotopic (exact) mass is 280 g/mol. The first-order valence-electron chi connectivity index (χ1n) is 7.09. The van der Waals surface area contributed by atoms with Crippen LogP contribution in [0, 0.1) is 0 Å². The van der Waals surface area contributed by atoms with E-state index in [2.05, 4.69) is 67.7 Å². The maximum Gasteiger partial charge on any atom is 0.104 e. The normalized spacial score (nSPS) is 10.8. The van der Waals surface area contributed by atoms with Gasteiger partial charge in [-0.25, -0.2) is 0 Å². The molecule has 0 saturated carbocycles. The van der Waals surface area contributed by atoms with Crippen LogP contribution < -0.4 is 9.74 Å². The first-order chi connectivity index (χ1) is 10.2. The number of hydrogen-bond donors (Lipinski definition) is 0. The van der Waals surface area contributed by atoms with Crippen molar-refractivity contribution in [2.45, 2.75) is 6.42 Å². The van der Waals surface area contributed by atoms with Gasteiger partial charge in [0.15, 0.2) is 0 Å². The van der Waals surface area contributed by atoms with Gasteiger partial charge in [-0.1, -0.05) is 30.3 Å². The summed E-state index contributed by atoms with van der Waals surface area (Å²) in [5, 5.41) is 1.25. The van der Waals surface area contributed by atoms with Crippen LogP contribution in [0.3, 0.4) is 0 Å². The van der Waals surface area contributed by atoms with Crippen molar-refractivity contribution in [2.75, 3.05) is 26.1 Å². The minimum Gasteiger partial charge on any atom is -0.417 e. The summed E-state index contributed by atoms with van der Waals surface area (Å²) >= 11 is 0. The van der Waals surface area contributed by atoms with Gasteiger partial charge in [-0.05, 0) is 35.7 Å². The molecule has 0 aliphatic heterocycles. The fraction of sp³-hybridized carbons (Fsp3) is 0.222. The number of hydrogen-bond acceptors (Lipinski definition) is 2. The molecule has 0 atom stereocenters. The summed E-state index contributed by atoms with van der Waals surface area (Å²) in [6.45, 7) is 0. The fourth-order valence-electron chi connectivity index (χ4n) is 2.64. The lowest BCUT2D eigenvalue weighted by molar-refractivity contribution is 0.179. The number of anilines is 1. The van der Waals surface area contributed by atoms with Crippen molar-refractivity contribution in [3.05, 3.63) is 65.9 Å². The Balaban J connectivity index is 1.94. The van der Waals surface area contributed by atoms with E-state index in [1.165, 1.54) is 22.2 Å². The average Bonchev–Trinajstić information content (AvgIpc) is 2.86. The molecule has 0 unspecified atom stereocenters. The van der Waals surface area contributed by atoms with E-state index in [0.717, 1.165) is 11.9 Å². The highest BCUT2D eigenvalue weighted by Crippen LogP contribution is 2.23. The summed E-state index contributed by atoms with van der Waals surface area (Å²) in [4.78, 5) is 7.52. The third kappa shape index (κ3) is 2.59. The molecule has 1 aromatic heterocycles. The van der Waals surface area contributed by atoms with Gasteiger partial charge in [0.05, 0.1) is 5.52 Å². The van der Waals surface area contributed by atoms with E-state index in [0.29, 0.717) is 0 Å². The maximum absolute atomic E-state index is 5.41. The molecular weight excluding hydrogens is 260 g/mol. The van der Waals surface area contributed by atoms with Gasteiger partial charge in [-0.2, -0.15) is 4.73 Å². The molecule has 0 fully saturated rings. The second kappa shape index (κ2) is 5.52. The van der Waals surface area contributed by atoms with E-state index < -0.39 is 0 Å². The number of aromatic nitrogens is 1. The predicted octanol–water partition coefficient (Wildman–Crippen LogP) is 3.36. The molecule has 0 spiro atoms. The molecule has 0 aliphatic carbocycles. The van der Waals surface area contributed by atoms with Crippen LogP contribution in [0.4, 0.5) is 5.69 Å². The van der Waals surface area contributed by atoms with Crippen LogP contribution in [0.15, 0.2) is 54.7 Å². The molecule has 0 bridgehead atoms. The Morgan fingerprint density at radius 1 is 1.00 bits per heavy atom. The molecule has 3 aromatic rings. The largest absolute Gasteiger partial charge is 0.417 e. The zero-order chi connectivity index (χ0) is 14.8. The zero-order valence-corrected chi connectivity index (χ0v) is 12.7. The van der Waals surface area contributed by atoms with Crippen LogP contribution in [0.5, 0.6) is 0 Å². The minimum atomic E-state index is 0.907. The van der Waals surface area contributed by atoms with Crippen LogP contribution in [-0.4, -0.2) is 25.9 Å². The second-order valence-electron chi connectivity index (χ2n) is 5.42. The van der Waals surface area contributed by atoms with Gasteiger partial charge in [0.2, 0.25) is 0 Å². The van der Waals surface area contributed by atoms with E-state index in [1.54, 1.807) is 7.11 Å². The molecule has 1 heterocycles. The standard InChI is InChI=1S/C18H20N2O/c1-19(2)16-10-8-14(9-11-16)12-15-13-20(21-3)18-7-5-4-6-17(15)18/h4-11,13H,12H2,1-3H3. The molecule has 3 heteroatoms. The SMILES string of the molecule is COn1cc(Cc2ccc(N(C)C)cc2)c2ccccc21. The van der Waals surface area contributed by atoms with Crippen molar-refractivity contribution in [1.82, 2.24) is 4.73 Å². The van der Waals surface area contributed by atoms with Crippen LogP contribution in [0.1, 0.15) is 11.1 Å². The van der Waals surface area contributed by atoms with E-state index in [4.69, 9.17) is 4.84 Å². The number of rotatable bonds is 4. The lowest BCUT2D eigenvalue weighted by Gasteiger charge is -2.12. The fourth-order valence-corrected chi connectivity index (χ4v) is 2.64. The molecule has 0 aliphatic rings. The Bertz CT molecular complexity index is 742. The van der Waals surface area contributed by atoms with E-state index in [-0.39, 0.29) is 0 Å². The van der Waals surface area contributed by atoms with Crippen molar-refractivity contribution in [3.8, 4) is 0 Å². The molecular formula is C18H20N2O.